The first-order chi connectivity index (χ1) is 13.4. The number of carbonyl (C=O) groups is 2. The maximum Gasteiger partial charge on any atom is 0.335 e. The van der Waals surface area contributed by atoms with Crippen molar-refractivity contribution in [1.82, 2.24) is 15.3 Å². The van der Waals surface area contributed by atoms with Gasteiger partial charge in [-0.15, -0.1) is 0 Å². The molecule has 0 bridgehead atoms. The number of anilines is 1. The lowest BCUT2D eigenvalue weighted by atomic mass is 10.0. The van der Waals surface area contributed by atoms with Crippen LogP contribution in [0, 0.1) is 0 Å². The molecule has 0 unspecified atom stereocenters. The fraction of sp³-hybridized carbons (Fsp3) is 0.421. The molecule has 2 heterocycles. The van der Waals surface area contributed by atoms with E-state index in [1.54, 1.807) is 25.3 Å². The second-order valence-corrected chi connectivity index (χ2v) is 7.01. The summed E-state index contributed by atoms with van der Waals surface area (Å²) < 4.78 is 5.59. The van der Waals surface area contributed by atoms with Crippen LogP contribution in [0.15, 0.2) is 24.3 Å². The number of nitrogens with one attached hydrogen (secondary N) is 2. The van der Waals surface area contributed by atoms with Crippen molar-refractivity contribution >= 4 is 29.2 Å². The SMILES string of the molecule is CCc1[nH]c(C(=O)N[C@@H]2CCN(c3cccc(C(=O)O)c3)C[C@@H]2OC)nc1Cl. The fourth-order valence-corrected chi connectivity index (χ4v) is 3.62. The number of carbonyl (C=O) groups excluding carboxylic acids is 1. The van der Waals surface area contributed by atoms with Gasteiger partial charge in [0, 0.05) is 25.9 Å². The van der Waals surface area contributed by atoms with Gasteiger partial charge in [0.2, 0.25) is 0 Å². The number of hydrogen-bond acceptors (Lipinski definition) is 5. The second-order valence-electron chi connectivity index (χ2n) is 6.65. The Morgan fingerprint density at radius 1 is 1.46 bits per heavy atom. The van der Waals surface area contributed by atoms with Crippen molar-refractivity contribution in [2.45, 2.75) is 31.9 Å². The molecule has 9 heteroatoms. The Bertz CT molecular complexity index is 869. The van der Waals surface area contributed by atoms with Crippen LogP contribution in [-0.2, 0) is 11.2 Å². The molecule has 28 heavy (non-hydrogen) atoms. The van der Waals surface area contributed by atoms with Crippen molar-refractivity contribution in [3.8, 4) is 0 Å². The highest BCUT2D eigenvalue weighted by atomic mass is 35.5. The van der Waals surface area contributed by atoms with E-state index in [0.29, 0.717) is 31.1 Å². The Balaban J connectivity index is 1.68. The molecule has 0 spiro atoms. The largest absolute Gasteiger partial charge is 0.478 e. The van der Waals surface area contributed by atoms with Gasteiger partial charge in [0.25, 0.3) is 5.91 Å². The average Bonchev–Trinajstić information content (AvgIpc) is 3.09. The maximum absolute atomic E-state index is 12.5. The van der Waals surface area contributed by atoms with Crippen LogP contribution in [0.2, 0.25) is 5.15 Å². The summed E-state index contributed by atoms with van der Waals surface area (Å²) in [7, 11) is 1.60. The molecule has 1 fully saturated rings. The number of aryl methyl sites for hydroxylation is 1. The molecule has 3 N–H and O–H groups in total. The van der Waals surface area contributed by atoms with E-state index in [2.05, 4.69) is 20.2 Å². The van der Waals surface area contributed by atoms with Crippen LogP contribution in [0.5, 0.6) is 0 Å². The number of imidazole rings is 1. The van der Waals surface area contributed by atoms with Crippen LogP contribution in [0.25, 0.3) is 0 Å². The highest BCUT2D eigenvalue weighted by Gasteiger charge is 2.31. The Kier molecular flexibility index (Phi) is 6.21. The molecule has 8 nitrogen and oxygen atoms in total. The number of nitrogens with zero attached hydrogens (tertiary/aromatic N) is 2. The Morgan fingerprint density at radius 3 is 2.89 bits per heavy atom. The van der Waals surface area contributed by atoms with Gasteiger partial charge in [-0.25, -0.2) is 9.78 Å². The van der Waals surface area contributed by atoms with Gasteiger partial charge in [-0.05, 0) is 31.0 Å². The number of ether oxygens (including phenoxy) is 1. The Labute approximate surface area is 167 Å². The lowest BCUT2D eigenvalue weighted by Crippen LogP contribution is -2.55. The normalized spacial score (nSPS) is 19.5. The molecule has 0 radical (unpaired) electrons. The monoisotopic (exact) mass is 406 g/mol. The highest BCUT2D eigenvalue weighted by Crippen LogP contribution is 2.23. The first-order valence-corrected chi connectivity index (χ1v) is 9.47. The van der Waals surface area contributed by atoms with E-state index in [9.17, 15) is 14.7 Å². The molecule has 0 saturated carbocycles. The molecule has 1 saturated heterocycles. The summed E-state index contributed by atoms with van der Waals surface area (Å²) in [5.41, 5.74) is 1.78. The van der Waals surface area contributed by atoms with Crippen LogP contribution in [0.1, 0.15) is 40.0 Å². The van der Waals surface area contributed by atoms with Crippen molar-refractivity contribution in [1.29, 1.82) is 0 Å². The summed E-state index contributed by atoms with van der Waals surface area (Å²) in [6.45, 7) is 3.12. The Morgan fingerprint density at radius 2 is 2.25 bits per heavy atom. The van der Waals surface area contributed by atoms with Crippen LogP contribution >= 0.6 is 11.6 Å². The standard InChI is InChI=1S/C19H23ClN4O4/c1-3-13-16(20)23-17(21-13)18(25)22-14-7-8-24(10-15(14)28-2)12-6-4-5-11(9-12)19(26)27/h4-6,9,14-15H,3,7-8,10H2,1-2H3,(H,21,23)(H,22,25)(H,26,27)/t14-,15+/m1/s1. The number of aromatic carboxylic acids is 1. The molecule has 150 valence electrons. The number of methoxy groups -OCH3 is 1. The number of carboxylic acids is 1. The zero-order chi connectivity index (χ0) is 20.3. The number of piperidine rings is 1. The minimum atomic E-state index is -0.962. The van der Waals surface area contributed by atoms with Gasteiger partial charge >= 0.3 is 5.97 Å². The first kappa shape index (κ1) is 20.2. The van der Waals surface area contributed by atoms with Crippen molar-refractivity contribution in [3.63, 3.8) is 0 Å². The van der Waals surface area contributed by atoms with Crippen LogP contribution in [0.3, 0.4) is 0 Å². The van der Waals surface area contributed by atoms with Crippen LogP contribution in [-0.4, -0.2) is 59.3 Å². The molecule has 1 aliphatic heterocycles. The summed E-state index contributed by atoms with van der Waals surface area (Å²) in [5, 5.41) is 12.5. The third-order valence-electron chi connectivity index (χ3n) is 4.93. The van der Waals surface area contributed by atoms with Gasteiger partial charge in [-0.2, -0.15) is 0 Å². The topological polar surface area (TPSA) is 108 Å². The van der Waals surface area contributed by atoms with Crippen molar-refractivity contribution in [2.75, 3.05) is 25.1 Å². The molecule has 1 amide bonds. The van der Waals surface area contributed by atoms with Gasteiger partial charge in [0.05, 0.1) is 23.4 Å². The van der Waals surface area contributed by atoms with E-state index in [4.69, 9.17) is 16.3 Å². The van der Waals surface area contributed by atoms with Crippen molar-refractivity contribution < 1.29 is 19.4 Å². The number of carboxylic acid groups (broad SMARTS) is 1. The summed E-state index contributed by atoms with van der Waals surface area (Å²) in [6.07, 6.45) is 1.06. The van der Waals surface area contributed by atoms with Crippen molar-refractivity contribution in [3.05, 3.63) is 46.5 Å². The number of aromatic amines is 1. The molecule has 1 aromatic carbocycles. The summed E-state index contributed by atoms with van der Waals surface area (Å²) >= 11 is 6.01. The predicted octanol–water partition coefficient (Wildman–Crippen LogP) is 2.35. The van der Waals surface area contributed by atoms with Crippen molar-refractivity contribution in [2.24, 2.45) is 0 Å². The second kappa shape index (κ2) is 8.62. The molecule has 2 atom stereocenters. The summed E-state index contributed by atoms with van der Waals surface area (Å²) in [6, 6.07) is 6.61. The van der Waals surface area contributed by atoms with Gasteiger partial charge in [-0.1, -0.05) is 24.6 Å². The number of amides is 1. The third kappa shape index (κ3) is 4.28. The number of halogens is 1. The average molecular weight is 407 g/mol. The lowest BCUT2D eigenvalue weighted by molar-refractivity contribution is 0.0538. The molecule has 0 aliphatic carbocycles. The van der Waals surface area contributed by atoms with E-state index < -0.39 is 5.97 Å². The number of benzene rings is 1. The molecular formula is C19H23ClN4O4. The fourth-order valence-electron chi connectivity index (χ4n) is 3.36. The molecular weight excluding hydrogens is 384 g/mol. The zero-order valence-electron chi connectivity index (χ0n) is 15.7. The molecule has 3 rings (SSSR count). The quantitative estimate of drug-likeness (QED) is 0.679. The van der Waals surface area contributed by atoms with E-state index in [1.165, 1.54) is 0 Å². The summed E-state index contributed by atoms with van der Waals surface area (Å²) in [4.78, 5) is 32.8. The number of H-pyrrole nitrogens is 1. The first-order valence-electron chi connectivity index (χ1n) is 9.09. The lowest BCUT2D eigenvalue weighted by Gasteiger charge is -2.39. The zero-order valence-corrected chi connectivity index (χ0v) is 16.5. The van der Waals surface area contributed by atoms with E-state index in [-0.39, 0.29) is 29.4 Å². The summed E-state index contributed by atoms with van der Waals surface area (Å²) in [5.74, 6) is -1.10. The molecule has 1 aromatic heterocycles. The Hall–Kier alpha value is -2.58. The smallest absolute Gasteiger partial charge is 0.335 e. The van der Waals surface area contributed by atoms with Crippen LogP contribution < -0.4 is 10.2 Å². The minimum Gasteiger partial charge on any atom is -0.478 e. The molecule has 2 aromatic rings. The van der Waals surface area contributed by atoms with E-state index >= 15 is 0 Å². The molecule has 1 aliphatic rings. The predicted molar refractivity (Wildman–Crippen MR) is 105 cm³/mol. The van der Waals surface area contributed by atoms with Gasteiger partial charge in [0.15, 0.2) is 11.0 Å². The highest BCUT2D eigenvalue weighted by molar-refractivity contribution is 6.30. The van der Waals surface area contributed by atoms with E-state index in [1.807, 2.05) is 13.0 Å². The number of aromatic nitrogens is 2. The van der Waals surface area contributed by atoms with Gasteiger partial charge < -0.3 is 25.0 Å². The van der Waals surface area contributed by atoms with E-state index in [0.717, 1.165) is 11.4 Å². The van der Waals surface area contributed by atoms with Gasteiger partial charge in [0.1, 0.15) is 0 Å². The maximum atomic E-state index is 12.5. The van der Waals surface area contributed by atoms with Crippen LogP contribution in [0.4, 0.5) is 5.69 Å². The number of rotatable bonds is 6. The van der Waals surface area contributed by atoms with Gasteiger partial charge in [-0.3, -0.25) is 4.79 Å². The minimum absolute atomic E-state index is 0.188. The number of hydrogen-bond donors (Lipinski definition) is 3. The third-order valence-corrected chi connectivity index (χ3v) is 5.25.